The number of sulfonamides is 1. The van der Waals surface area contributed by atoms with Crippen molar-refractivity contribution in [3.8, 4) is 0 Å². The number of nitrogens with two attached hydrogens (primary N) is 1. The maximum atomic E-state index is 12.4. The molecule has 0 aromatic heterocycles. The second kappa shape index (κ2) is 6.17. The van der Waals surface area contributed by atoms with Crippen LogP contribution in [0.5, 0.6) is 0 Å². The maximum absolute atomic E-state index is 12.4. The van der Waals surface area contributed by atoms with E-state index in [0.717, 1.165) is 21.2 Å². The fourth-order valence-electron chi connectivity index (χ4n) is 2.06. The minimum absolute atomic E-state index is 0.212. The summed E-state index contributed by atoms with van der Waals surface area (Å²) < 4.78 is 28.4. The number of nitrogens with one attached hydrogen (secondary N) is 1. The Balaban J connectivity index is 2.37. The van der Waals surface area contributed by atoms with Gasteiger partial charge in [-0.25, -0.2) is 8.42 Å². The number of hydrogen-bond donors (Lipinski definition) is 2. The topological polar surface area (TPSA) is 72.2 Å². The van der Waals surface area contributed by atoms with Crippen LogP contribution in [0, 0.1) is 13.8 Å². The predicted molar refractivity (Wildman–Crippen MR) is 88.8 cm³/mol. The van der Waals surface area contributed by atoms with E-state index < -0.39 is 10.0 Å². The molecule has 4 nitrogen and oxygen atoms in total. The van der Waals surface area contributed by atoms with E-state index in [4.69, 9.17) is 5.73 Å². The Bertz CT molecular complexity index is 750. The molecule has 0 radical (unpaired) electrons. The third-order valence-electron chi connectivity index (χ3n) is 3.13. The number of rotatable bonds is 4. The quantitative estimate of drug-likeness (QED) is 0.869. The molecule has 0 bridgehead atoms. The van der Waals surface area contributed by atoms with Gasteiger partial charge in [0.05, 0.1) is 4.90 Å². The number of aryl methyl sites for hydroxylation is 2. The highest BCUT2D eigenvalue weighted by atomic mass is 79.9. The van der Waals surface area contributed by atoms with Gasteiger partial charge in [-0.3, -0.25) is 4.72 Å². The van der Waals surface area contributed by atoms with Gasteiger partial charge in [-0.2, -0.15) is 0 Å². The molecule has 0 fully saturated rings. The lowest BCUT2D eigenvalue weighted by Crippen LogP contribution is -2.14. The summed E-state index contributed by atoms with van der Waals surface area (Å²) in [4.78, 5) is 0.212. The van der Waals surface area contributed by atoms with E-state index in [-0.39, 0.29) is 4.90 Å². The van der Waals surface area contributed by atoms with Gasteiger partial charge in [0.2, 0.25) is 0 Å². The van der Waals surface area contributed by atoms with E-state index in [1.165, 1.54) is 0 Å². The summed E-state index contributed by atoms with van der Waals surface area (Å²) in [5, 5.41) is 0. The Kier molecular flexibility index (Phi) is 4.70. The van der Waals surface area contributed by atoms with E-state index in [1.54, 1.807) is 36.4 Å². The average molecular weight is 369 g/mol. The van der Waals surface area contributed by atoms with Gasteiger partial charge in [-0.1, -0.05) is 28.1 Å². The molecular weight excluding hydrogens is 352 g/mol. The van der Waals surface area contributed by atoms with Crippen molar-refractivity contribution < 1.29 is 8.42 Å². The summed E-state index contributed by atoms with van der Waals surface area (Å²) in [5.74, 6) is 0. The SMILES string of the molecule is Cc1cc(NS(=O)(=O)c2cccc(CN)c2)cc(C)c1Br. The normalized spacial score (nSPS) is 11.4. The molecule has 6 heteroatoms. The number of anilines is 1. The van der Waals surface area contributed by atoms with Gasteiger partial charge < -0.3 is 5.73 Å². The Morgan fingerprint density at radius 2 is 1.76 bits per heavy atom. The molecule has 0 aliphatic rings. The molecule has 0 unspecified atom stereocenters. The average Bonchev–Trinajstić information content (AvgIpc) is 2.44. The molecule has 2 aromatic rings. The Hall–Kier alpha value is -1.37. The fourth-order valence-corrected chi connectivity index (χ4v) is 3.40. The second-order valence-corrected chi connectivity index (χ2v) is 7.36. The standard InChI is InChI=1S/C15H17BrN2O2S/c1-10-6-13(7-11(2)15(10)16)18-21(19,20)14-5-3-4-12(8-14)9-17/h3-8,18H,9,17H2,1-2H3. The molecule has 0 aliphatic carbocycles. The smallest absolute Gasteiger partial charge is 0.261 e. The third kappa shape index (κ3) is 3.64. The molecule has 112 valence electrons. The number of halogens is 1. The fraction of sp³-hybridized carbons (Fsp3) is 0.200. The van der Waals surface area contributed by atoms with Crippen LogP contribution >= 0.6 is 15.9 Å². The molecule has 2 rings (SSSR count). The molecule has 2 aromatic carbocycles. The van der Waals surface area contributed by atoms with Crippen molar-refractivity contribution in [1.82, 2.24) is 0 Å². The van der Waals surface area contributed by atoms with Crippen molar-refractivity contribution in [3.05, 3.63) is 57.6 Å². The molecule has 21 heavy (non-hydrogen) atoms. The molecular formula is C15H17BrN2O2S. The lowest BCUT2D eigenvalue weighted by Gasteiger charge is -2.12. The zero-order chi connectivity index (χ0) is 15.6. The van der Waals surface area contributed by atoms with Crippen molar-refractivity contribution in [1.29, 1.82) is 0 Å². The van der Waals surface area contributed by atoms with Crippen molar-refractivity contribution >= 4 is 31.6 Å². The van der Waals surface area contributed by atoms with Crippen LogP contribution in [0.3, 0.4) is 0 Å². The van der Waals surface area contributed by atoms with Crippen molar-refractivity contribution in [2.75, 3.05) is 4.72 Å². The highest BCUT2D eigenvalue weighted by molar-refractivity contribution is 9.10. The van der Waals surface area contributed by atoms with E-state index in [9.17, 15) is 8.42 Å². The lowest BCUT2D eigenvalue weighted by molar-refractivity contribution is 0.601. The van der Waals surface area contributed by atoms with Gasteiger partial charge in [-0.05, 0) is 54.8 Å². The Morgan fingerprint density at radius 3 is 2.33 bits per heavy atom. The van der Waals surface area contributed by atoms with Gasteiger partial charge in [0.15, 0.2) is 0 Å². The van der Waals surface area contributed by atoms with Gasteiger partial charge in [0, 0.05) is 16.7 Å². The van der Waals surface area contributed by atoms with Crippen LogP contribution in [-0.2, 0) is 16.6 Å². The van der Waals surface area contributed by atoms with E-state index in [0.29, 0.717) is 12.2 Å². The summed E-state index contributed by atoms with van der Waals surface area (Å²) in [5.41, 5.74) is 8.83. The van der Waals surface area contributed by atoms with Crippen LogP contribution in [0.1, 0.15) is 16.7 Å². The van der Waals surface area contributed by atoms with Gasteiger partial charge in [0.1, 0.15) is 0 Å². The highest BCUT2D eigenvalue weighted by Crippen LogP contribution is 2.26. The van der Waals surface area contributed by atoms with Crippen LogP contribution in [0.4, 0.5) is 5.69 Å². The Labute approximate surface area is 133 Å². The van der Waals surface area contributed by atoms with Crippen LogP contribution in [0.15, 0.2) is 45.8 Å². The van der Waals surface area contributed by atoms with E-state index >= 15 is 0 Å². The first-order valence-electron chi connectivity index (χ1n) is 6.42. The minimum atomic E-state index is -3.61. The third-order valence-corrected chi connectivity index (χ3v) is 5.76. The van der Waals surface area contributed by atoms with Crippen molar-refractivity contribution in [2.24, 2.45) is 5.73 Å². The summed E-state index contributed by atoms with van der Waals surface area (Å²) >= 11 is 3.47. The first-order chi connectivity index (χ1) is 9.83. The van der Waals surface area contributed by atoms with Gasteiger partial charge in [0.25, 0.3) is 10.0 Å². The molecule has 0 heterocycles. The Morgan fingerprint density at radius 1 is 1.14 bits per heavy atom. The van der Waals surface area contributed by atoms with Crippen LogP contribution in [0.2, 0.25) is 0 Å². The molecule has 3 N–H and O–H groups in total. The zero-order valence-corrected chi connectivity index (χ0v) is 14.3. The summed E-state index contributed by atoms with van der Waals surface area (Å²) in [6.07, 6.45) is 0. The van der Waals surface area contributed by atoms with Crippen molar-refractivity contribution in [3.63, 3.8) is 0 Å². The molecule has 0 amide bonds. The van der Waals surface area contributed by atoms with Crippen molar-refractivity contribution in [2.45, 2.75) is 25.3 Å². The zero-order valence-electron chi connectivity index (χ0n) is 11.9. The molecule has 0 atom stereocenters. The monoisotopic (exact) mass is 368 g/mol. The van der Waals surface area contributed by atoms with Crippen LogP contribution in [0.25, 0.3) is 0 Å². The highest BCUT2D eigenvalue weighted by Gasteiger charge is 2.15. The van der Waals surface area contributed by atoms with Crippen LogP contribution < -0.4 is 10.5 Å². The number of benzene rings is 2. The van der Waals surface area contributed by atoms with E-state index in [1.807, 2.05) is 13.8 Å². The first kappa shape index (κ1) is 16.0. The van der Waals surface area contributed by atoms with Gasteiger partial charge in [-0.15, -0.1) is 0 Å². The predicted octanol–water partition coefficient (Wildman–Crippen LogP) is 3.33. The summed E-state index contributed by atoms with van der Waals surface area (Å²) in [7, 11) is -3.61. The largest absolute Gasteiger partial charge is 0.326 e. The molecule has 0 spiro atoms. The summed E-state index contributed by atoms with van der Waals surface area (Å²) in [6, 6.07) is 10.2. The molecule has 0 saturated heterocycles. The van der Waals surface area contributed by atoms with Crippen LogP contribution in [-0.4, -0.2) is 8.42 Å². The molecule has 0 aliphatic heterocycles. The maximum Gasteiger partial charge on any atom is 0.261 e. The first-order valence-corrected chi connectivity index (χ1v) is 8.69. The van der Waals surface area contributed by atoms with E-state index in [2.05, 4.69) is 20.7 Å². The number of hydrogen-bond acceptors (Lipinski definition) is 3. The minimum Gasteiger partial charge on any atom is -0.326 e. The lowest BCUT2D eigenvalue weighted by atomic mass is 10.1. The summed E-state index contributed by atoms with van der Waals surface area (Å²) in [6.45, 7) is 4.15. The second-order valence-electron chi connectivity index (χ2n) is 4.88. The van der Waals surface area contributed by atoms with Gasteiger partial charge >= 0.3 is 0 Å². The molecule has 0 saturated carbocycles.